The fourth-order valence-corrected chi connectivity index (χ4v) is 2.55. The molecule has 10 heteroatoms. The summed E-state index contributed by atoms with van der Waals surface area (Å²) in [5.41, 5.74) is 4.50. The van der Waals surface area contributed by atoms with Crippen molar-refractivity contribution in [2.24, 2.45) is 5.10 Å². The Bertz CT molecular complexity index is 1030. The maximum atomic E-state index is 12.2. The molecule has 0 aliphatic carbocycles. The quantitative estimate of drug-likeness (QED) is 0.420. The number of non-ortho nitro benzene ring substituents is 1. The first-order valence-electron chi connectivity index (χ1n) is 7.51. The van der Waals surface area contributed by atoms with E-state index in [0.29, 0.717) is 12.3 Å². The second kappa shape index (κ2) is 7.28. The summed E-state index contributed by atoms with van der Waals surface area (Å²) in [6, 6.07) is 11.1. The van der Waals surface area contributed by atoms with Crippen LogP contribution in [0.5, 0.6) is 0 Å². The van der Waals surface area contributed by atoms with E-state index in [-0.39, 0.29) is 16.3 Å². The number of nitrogens with zero attached hydrogens (tertiary/aromatic N) is 5. The van der Waals surface area contributed by atoms with Gasteiger partial charge < -0.3 is 0 Å². The SMILES string of the molecule is C/C(Cn1nnc2ccccc21)=N/NC(=O)c1ccc([N+](=O)[O-])cc1Cl. The molecule has 0 aliphatic heterocycles. The van der Waals surface area contributed by atoms with Gasteiger partial charge in [-0.1, -0.05) is 28.9 Å². The van der Waals surface area contributed by atoms with Crippen molar-refractivity contribution < 1.29 is 9.72 Å². The van der Waals surface area contributed by atoms with Crippen LogP contribution in [0.15, 0.2) is 47.6 Å². The van der Waals surface area contributed by atoms with E-state index in [1.165, 1.54) is 12.1 Å². The third-order valence-corrected chi connectivity index (χ3v) is 3.87. The van der Waals surface area contributed by atoms with E-state index in [4.69, 9.17) is 11.6 Å². The smallest absolute Gasteiger partial charge is 0.267 e. The van der Waals surface area contributed by atoms with Gasteiger partial charge in [0.2, 0.25) is 0 Å². The number of nitro groups is 1. The summed E-state index contributed by atoms with van der Waals surface area (Å²) >= 11 is 5.93. The van der Waals surface area contributed by atoms with Crippen molar-refractivity contribution in [1.82, 2.24) is 20.4 Å². The molecule has 0 fully saturated rings. The highest BCUT2D eigenvalue weighted by molar-refractivity contribution is 6.34. The maximum absolute atomic E-state index is 12.2. The summed E-state index contributed by atoms with van der Waals surface area (Å²) in [4.78, 5) is 22.3. The molecule has 3 aromatic rings. The van der Waals surface area contributed by atoms with Gasteiger partial charge in [-0.3, -0.25) is 14.9 Å². The summed E-state index contributed by atoms with van der Waals surface area (Å²) in [5.74, 6) is -0.562. The normalized spacial score (nSPS) is 11.5. The van der Waals surface area contributed by atoms with Crippen molar-refractivity contribution in [2.45, 2.75) is 13.5 Å². The summed E-state index contributed by atoms with van der Waals surface area (Å²) in [6.45, 7) is 2.07. The van der Waals surface area contributed by atoms with Crippen LogP contribution in [0.25, 0.3) is 11.0 Å². The fraction of sp³-hybridized carbons (Fsp3) is 0.125. The summed E-state index contributed by atoms with van der Waals surface area (Å²) in [6.07, 6.45) is 0. The number of aromatic nitrogens is 3. The summed E-state index contributed by atoms with van der Waals surface area (Å²) in [7, 11) is 0. The molecule has 0 saturated heterocycles. The Morgan fingerprint density at radius 1 is 1.35 bits per heavy atom. The number of carbonyl (C=O) groups is 1. The van der Waals surface area contributed by atoms with Crippen LogP contribution >= 0.6 is 11.6 Å². The van der Waals surface area contributed by atoms with Crippen LogP contribution in [0, 0.1) is 10.1 Å². The predicted octanol–water partition coefficient (Wildman–Crippen LogP) is 2.80. The van der Waals surface area contributed by atoms with E-state index in [1.54, 1.807) is 11.6 Å². The standard InChI is InChI=1S/C16H13ClN6O3/c1-10(9-22-15-5-3-2-4-14(15)19-21-22)18-20-16(24)12-7-6-11(23(25)26)8-13(12)17/h2-8H,9H2,1H3,(H,20,24)/b18-10-. The number of para-hydroxylation sites is 1. The van der Waals surface area contributed by atoms with Crippen molar-refractivity contribution in [2.75, 3.05) is 0 Å². The lowest BCUT2D eigenvalue weighted by atomic mass is 10.2. The van der Waals surface area contributed by atoms with E-state index in [2.05, 4.69) is 20.8 Å². The molecule has 0 spiro atoms. The molecular weight excluding hydrogens is 360 g/mol. The molecule has 0 bridgehead atoms. The van der Waals surface area contributed by atoms with Gasteiger partial charge in [-0.25, -0.2) is 10.1 Å². The topological polar surface area (TPSA) is 115 Å². The zero-order valence-electron chi connectivity index (χ0n) is 13.6. The van der Waals surface area contributed by atoms with Crippen LogP contribution in [0.2, 0.25) is 5.02 Å². The highest BCUT2D eigenvalue weighted by Gasteiger charge is 2.14. The van der Waals surface area contributed by atoms with E-state index in [9.17, 15) is 14.9 Å². The predicted molar refractivity (Wildman–Crippen MR) is 96.2 cm³/mol. The number of nitrogens with one attached hydrogen (secondary N) is 1. The molecule has 1 heterocycles. The molecule has 0 atom stereocenters. The first kappa shape index (κ1) is 17.5. The molecule has 26 heavy (non-hydrogen) atoms. The molecule has 1 aromatic heterocycles. The molecule has 1 N–H and O–H groups in total. The third-order valence-electron chi connectivity index (χ3n) is 3.56. The monoisotopic (exact) mass is 372 g/mol. The van der Waals surface area contributed by atoms with Crippen molar-refractivity contribution >= 4 is 39.9 Å². The first-order valence-corrected chi connectivity index (χ1v) is 7.89. The summed E-state index contributed by atoms with van der Waals surface area (Å²) in [5, 5.41) is 22.8. The average molecular weight is 373 g/mol. The number of fused-ring (bicyclic) bond motifs is 1. The molecular formula is C16H13ClN6O3. The van der Waals surface area contributed by atoms with Gasteiger partial charge in [-0.05, 0) is 25.1 Å². The number of carbonyl (C=O) groups excluding carboxylic acids is 1. The van der Waals surface area contributed by atoms with E-state index in [1.807, 2.05) is 24.3 Å². The minimum absolute atomic E-state index is 0.0215. The van der Waals surface area contributed by atoms with Crippen molar-refractivity contribution in [1.29, 1.82) is 0 Å². The Kier molecular flexibility index (Phi) is 4.90. The summed E-state index contributed by atoms with van der Waals surface area (Å²) < 4.78 is 1.67. The van der Waals surface area contributed by atoms with Gasteiger partial charge in [0.05, 0.1) is 33.3 Å². The van der Waals surface area contributed by atoms with Gasteiger partial charge >= 0.3 is 0 Å². The van der Waals surface area contributed by atoms with Crippen molar-refractivity contribution in [3.8, 4) is 0 Å². The number of hydrogen-bond acceptors (Lipinski definition) is 6. The zero-order chi connectivity index (χ0) is 18.7. The first-order chi connectivity index (χ1) is 12.5. The maximum Gasteiger partial charge on any atom is 0.272 e. The Morgan fingerprint density at radius 2 is 2.12 bits per heavy atom. The lowest BCUT2D eigenvalue weighted by Crippen LogP contribution is -2.21. The number of amides is 1. The zero-order valence-corrected chi connectivity index (χ0v) is 14.3. The second-order valence-electron chi connectivity index (χ2n) is 5.45. The van der Waals surface area contributed by atoms with Gasteiger partial charge in [0.25, 0.3) is 11.6 Å². The molecule has 2 aromatic carbocycles. The molecule has 3 rings (SSSR count). The Hall–Kier alpha value is -3.33. The highest BCUT2D eigenvalue weighted by Crippen LogP contribution is 2.22. The van der Waals surface area contributed by atoms with E-state index >= 15 is 0 Å². The van der Waals surface area contributed by atoms with Crippen LogP contribution in [0.3, 0.4) is 0 Å². The van der Waals surface area contributed by atoms with Crippen LogP contribution in [0.1, 0.15) is 17.3 Å². The van der Waals surface area contributed by atoms with Crippen LogP contribution in [-0.2, 0) is 6.54 Å². The van der Waals surface area contributed by atoms with Gasteiger partial charge in [0.1, 0.15) is 5.52 Å². The Balaban J connectivity index is 1.70. The minimum atomic E-state index is -0.585. The number of benzene rings is 2. The van der Waals surface area contributed by atoms with Crippen LogP contribution in [0.4, 0.5) is 5.69 Å². The molecule has 0 saturated carbocycles. The van der Waals surface area contributed by atoms with Crippen molar-refractivity contribution in [3.63, 3.8) is 0 Å². The molecule has 1 amide bonds. The number of rotatable bonds is 5. The Labute approximate surface area is 152 Å². The van der Waals surface area contributed by atoms with Gasteiger partial charge in [0.15, 0.2) is 0 Å². The van der Waals surface area contributed by atoms with E-state index in [0.717, 1.165) is 17.1 Å². The number of halogens is 1. The molecule has 9 nitrogen and oxygen atoms in total. The average Bonchev–Trinajstić information content (AvgIpc) is 3.02. The third kappa shape index (κ3) is 3.67. The number of nitro benzene ring substituents is 1. The number of hydrazone groups is 1. The van der Waals surface area contributed by atoms with Crippen molar-refractivity contribution in [3.05, 3.63) is 63.2 Å². The largest absolute Gasteiger partial charge is 0.272 e. The number of hydrogen-bond donors (Lipinski definition) is 1. The highest BCUT2D eigenvalue weighted by atomic mass is 35.5. The second-order valence-corrected chi connectivity index (χ2v) is 5.85. The fourth-order valence-electron chi connectivity index (χ4n) is 2.29. The molecule has 0 aliphatic rings. The minimum Gasteiger partial charge on any atom is -0.267 e. The lowest BCUT2D eigenvalue weighted by Gasteiger charge is -2.05. The van der Waals surface area contributed by atoms with Gasteiger partial charge in [-0.15, -0.1) is 5.10 Å². The Morgan fingerprint density at radius 3 is 2.85 bits per heavy atom. The van der Waals surface area contributed by atoms with Crippen LogP contribution in [-0.4, -0.2) is 31.5 Å². The van der Waals surface area contributed by atoms with E-state index < -0.39 is 10.8 Å². The van der Waals surface area contributed by atoms with Gasteiger partial charge in [-0.2, -0.15) is 5.10 Å². The molecule has 0 radical (unpaired) electrons. The molecule has 132 valence electrons. The van der Waals surface area contributed by atoms with Crippen LogP contribution < -0.4 is 5.43 Å². The lowest BCUT2D eigenvalue weighted by molar-refractivity contribution is -0.384. The molecule has 0 unspecified atom stereocenters. The van der Waals surface area contributed by atoms with Gasteiger partial charge in [0, 0.05) is 12.1 Å².